The summed E-state index contributed by atoms with van der Waals surface area (Å²) in [5.74, 6) is 0.312. The minimum Gasteiger partial charge on any atom is -0.340 e. The Labute approximate surface area is 135 Å². The highest BCUT2D eigenvalue weighted by atomic mass is 32.1. The lowest BCUT2D eigenvalue weighted by atomic mass is 10.2. The number of anilines is 1. The van der Waals surface area contributed by atoms with Gasteiger partial charge in [0, 0.05) is 30.9 Å². The van der Waals surface area contributed by atoms with Gasteiger partial charge in [0.1, 0.15) is 0 Å². The molecule has 0 radical (unpaired) electrons. The lowest BCUT2D eigenvalue weighted by Gasteiger charge is -2.27. The summed E-state index contributed by atoms with van der Waals surface area (Å²) in [5, 5.41) is 2.66. The fourth-order valence-electron chi connectivity index (χ4n) is 3.46. The second-order valence-corrected chi connectivity index (χ2v) is 6.90. The average molecular weight is 321 g/mol. The van der Waals surface area contributed by atoms with Crippen LogP contribution in [0.2, 0.25) is 0 Å². The second-order valence-electron chi connectivity index (χ2n) is 6.07. The van der Waals surface area contributed by atoms with Crippen LogP contribution in [0.5, 0.6) is 0 Å². The van der Waals surface area contributed by atoms with E-state index in [0.29, 0.717) is 18.9 Å². The van der Waals surface area contributed by atoms with Gasteiger partial charge in [0.05, 0.1) is 12.1 Å². The van der Waals surface area contributed by atoms with Crippen molar-refractivity contribution in [2.45, 2.75) is 57.9 Å². The van der Waals surface area contributed by atoms with Crippen molar-refractivity contribution in [3.63, 3.8) is 0 Å². The fraction of sp³-hybridized carbons (Fsp3) is 0.688. The number of amides is 2. The maximum Gasteiger partial charge on any atom is 0.228 e. The van der Waals surface area contributed by atoms with Crippen LogP contribution in [0.25, 0.3) is 0 Å². The molecule has 120 valence electrons. The van der Waals surface area contributed by atoms with Gasteiger partial charge in [-0.1, -0.05) is 12.8 Å². The minimum absolute atomic E-state index is 0.147. The van der Waals surface area contributed by atoms with Crippen LogP contribution in [-0.2, 0) is 16.0 Å². The van der Waals surface area contributed by atoms with Crippen LogP contribution >= 0.6 is 11.3 Å². The molecule has 0 bridgehead atoms. The lowest BCUT2D eigenvalue weighted by Crippen LogP contribution is -2.39. The number of carbonyl (C=O) groups is 2. The van der Waals surface area contributed by atoms with Gasteiger partial charge in [-0.3, -0.25) is 14.5 Å². The van der Waals surface area contributed by atoms with Crippen molar-refractivity contribution in [2.75, 3.05) is 18.0 Å². The van der Waals surface area contributed by atoms with Gasteiger partial charge in [0.15, 0.2) is 5.13 Å². The van der Waals surface area contributed by atoms with Gasteiger partial charge in [0.25, 0.3) is 0 Å². The highest BCUT2D eigenvalue weighted by Gasteiger charge is 2.27. The molecule has 0 spiro atoms. The lowest BCUT2D eigenvalue weighted by molar-refractivity contribution is -0.132. The van der Waals surface area contributed by atoms with E-state index in [-0.39, 0.29) is 11.8 Å². The molecule has 5 nitrogen and oxygen atoms in total. The highest BCUT2D eigenvalue weighted by molar-refractivity contribution is 7.14. The number of thiazole rings is 1. The van der Waals surface area contributed by atoms with E-state index in [2.05, 4.69) is 4.98 Å². The summed E-state index contributed by atoms with van der Waals surface area (Å²) in [6.45, 7) is 3.57. The molecule has 1 saturated heterocycles. The van der Waals surface area contributed by atoms with Gasteiger partial charge in [-0.05, 0) is 26.2 Å². The Kier molecular flexibility index (Phi) is 4.76. The van der Waals surface area contributed by atoms with E-state index in [1.54, 1.807) is 4.90 Å². The Hall–Kier alpha value is -1.43. The van der Waals surface area contributed by atoms with Crippen molar-refractivity contribution in [1.29, 1.82) is 0 Å². The molecule has 2 aliphatic rings. The fourth-order valence-corrected chi connectivity index (χ4v) is 4.33. The Bertz CT molecular complexity index is 551. The molecule has 3 rings (SSSR count). The Morgan fingerprint density at radius 1 is 1.41 bits per heavy atom. The summed E-state index contributed by atoms with van der Waals surface area (Å²) in [5.41, 5.74) is 0.793. The first-order valence-corrected chi connectivity index (χ1v) is 9.11. The number of rotatable bonds is 5. The first-order valence-electron chi connectivity index (χ1n) is 8.23. The van der Waals surface area contributed by atoms with Crippen molar-refractivity contribution >= 4 is 28.3 Å². The van der Waals surface area contributed by atoms with Crippen molar-refractivity contribution in [3.05, 3.63) is 11.1 Å². The summed E-state index contributed by atoms with van der Waals surface area (Å²) in [6, 6.07) is 0.413. The van der Waals surface area contributed by atoms with E-state index in [9.17, 15) is 9.59 Å². The van der Waals surface area contributed by atoms with Gasteiger partial charge < -0.3 is 4.90 Å². The maximum atomic E-state index is 12.5. The van der Waals surface area contributed by atoms with E-state index >= 15 is 0 Å². The number of hydrogen-bond donors (Lipinski definition) is 0. The van der Waals surface area contributed by atoms with Crippen LogP contribution < -0.4 is 4.90 Å². The second kappa shape index (κ2) is 6.77. The topological polar surface area (TPSA) is 53.5 Å². The van der Waals surface area contributed by atoms with E-state index in [1.165, 1.54) is 24.2 Å². The molecule has 0 N–H and O–H groups in total. The summed E-state index contributed by atoms with van der Waals surface area (Å²) < 4.78 is 0. The first-order chi connectivity index (χ1) is 10.7. The molecule has 2 heterocycles. The Morgan fingerprint density at radius 3 is 2.82 bits per heavy atom. The summed E-state index contributed by atoms with van der Waals surface area (Å²) in [4.78, 5) is 32.5. The normalized spacial score (nSPS) is 19.1. The molecule has 2 amide bonds. The van der Waals surface area contributed by atoms with E-state index in [4.69, 9.17) is 0 Å². The molecule has 1 aliphatic heterocycles. The molecule has 2 fully saturated rings. The third-order valence-corrected chi connectivity index (χ3v) is 5.52. The summed E-state index contributed by atoms with van der Waals surface area (Å²) in [7, 11) is 0. The van der Waals surface area contributed by atoms with Gasteiger partial charge >= 0.3 is 0 Å². The molecule has 22 heavy (non-hydrogen) atoms. The third kappa shape index (κ3) is 3.16. The molecule has 6 heteroatoms. The van der Waals surface area contributed by atoms with Gasteiger partial charge in [-0.15, -0.1) is 11.3 Å². The van der Waals surface area contributed by atoms with Crippen LogP contribution in [0.1, 0.15) is 51.1 Å². The van der Waals surface area contributed by atoms with Crippen LogP contribution in [0.3, 0.4) is 0 Å². The number of hydrogen-bond acceptors (Lipinski definition) is 4. The van der Waals surface area contributed by atoms with Crippen LogP contribution in [0, 0.1) is 0 Å². The highest BCUT2D eigenvalue weighted by Crippen LogP contribution is 2.27. The molecule has 0 unspecified atom stereocenters. The molecule has 1 aromatic heterocycles. The predicted molar refractivity (Wildman–Crippen MR) is 87.0 cm³/mol. The molecular weight excluding hydrogens is 298 g/mol. The zero-order valence-electron chi connectivity index (χ0n) is 13.1. The smallest absolute Gasteiger partial charge is 0.228 e. The Balaban J connectivity index is 1.63. The van der Waals surface area contributed by atoms with Crippen molar-refractivity contribution < 1.29 is 9.59 Å². The van der Waals surface area contributed by atoms with Crippen LogP contribution in [-0.4, -0.2) is 40.8 Å². The molecule has 0 aromatic carbocycles. The van der Waals surface area contributed by atoms with Gasteiger partial charge in [0.2, 0.25) is 11.8 Å². The van der Waals surface area contributed by atoms with Crippen LogP contribution in [0.15, 0.2) is 5.38 Å². The Morgan fingerprint density at radius 2 is 2.18 bits per heavy atom. The SMILES string of the molecule is CCN(C(=O)Cc1csc(N2CCCC2=O)n1)C1CCCC1. The van der Waals surface area contributed by atoms with Crippen molar-refractivity contribution in [1.82, 2.24) is 9.88 Å². The molecule has 1 saturated carbocycles. The van der Waals surface area contributed by atoms with Crippen molar-refractivity contribution in [3.8, 4) is 0 Å². The molecular formula is C16H23N3O2S. The largest absolute Gasteiger partial charge is 0.340 e. The van der Waals surface area contributed by atoms with Gasteiger partial charge in [-0.25, -0.2) is 4.98 Å². The monoisotopic (exact) mass is 321 g/mol. The average Bonchev–Trinajstić information content (AvgIpc) is 3.21. The summed E-state index contributed by atoms with van der Waals surface area (Å²) >= 11 is 1.47. The zero-order valence-corrected chi connectivity index (χ0v) is 13.9. The van der Waals surface area contributed by atoms with E-state index in [1.807, 2.05) is 17.2 Å². The first kappa shape index (κ1) is 15.5. The van der Waals surface area contributed by atoms with E-state index < -0.39 is 0 Å². The van der Waals surface area contributed by atoms with Crippen molar-refractivity contribution in [2.24, 2.45) is 0 Å². The molecule has 1 aromatic rings. The third-order valence-electron chi connectivity index (χ3n) is 4.60. The number of carbonyl (C=O) groups excluding carboxylic acids is 2. The standard InChI is InChI=1S/C16H23N3O2S/c1-2-18(13-6-3-4-7-13)15(21)10-12-11-22-16(17-12)19-9-5-8-14(19)20/h11,13H,2-10H2,1H3. The quantitative estimate of drug-likeness (QED) is 0.837. The summed E-state index contributed by atoms with van der Waals surface area (Å²) in [6.07, 6.45) is 6.58. The molecule has 0 atom stereocenters. The van der Waals surface area contributed by atoms with Crippen LogP contribution in [0.4, 0.5) is 5.13 Å². The number of aromatic nitrogens is 1. The number of nitrogens with zero attached hydrogens (tertiary/aromatic N) is 3. The zero-order chi connectivity index (χ0) is 15.5. The predicted octanol–water partition coefficient (Wildman–Crippen LogP) is 2.60. The minimum atomic E-state index is 0.147. The maximum absolute atomic E-state index is 12.5. The van der Waals surface area contributed by atoms with Gasteiger partial charge in [-0.2, -0.15) is 0 Å². The van der Waals surface area contributed by atoms with E-state index in [0.717, 1.165) is 43.2 Å². The number of likely N-dealkylation sites (N-methyl/N-ethyl adjacent to an activating group) is 1. The molecule has 1 aliphatic carbocycles.